The molecular formula is C16H15ClFNO. The fourth-order valence-electron chi connectivity index (χ4n) is 1.89. The third-order valence-electron chi connectivity index (χ3n) is 2.91. The Kier molecular flexibility index (Phi) is 5.13. The first-order chi connectivity index (χ1) is 9.63. The average molecular weight is 292 g/mol. The Labute approximate surface area is 122 Å². The molecule has 2 nitrogen and oxygen atoms in total. The van der Waals surface area contributed by atoms with Gasteiger partial charge in [-0.15, -0.1) is 0 Å². The molecule has 0 radical (unpaired) electrons. The molecule has 20 heavy (non-hydrogen) atoms. The highest BCUT2D eigenvalue weighted by Gasteiger charge is 2.03. The van der Waals surface area contributed by atoms with Crippen molar-refractivity contribution in [1.29, 1.82) is 0 Å². The molecule has 0 spiro atoms. The number of hydrogen-bond donors (Lipinski definition) is 1. The van der Waals surface area contributed by atoms with Crippen molar-refractivity contribution < 1.29 is 9.18 Å². The lowest BCUT2D eigenvalue weighted by molar-refractivity contribution is -0.121. The summed E-state index contributed by atoms with van der Waals surface area (Å²) in [6.07, 6.45) is 1.02. The Morgan fingerprint density at radius 1 is 1.10 bits per heavy atom. The summed E-state index contributed by atoms with van der Waals surface area (Å²) in [4.78, 5) is 11.7. The van der Waals surface area contributed by atoms with Crippen LogP contribution in [-0.2, 0) is 17.8 Å². The van der Waals surface area contributed by atoms with Gasteiger partial charge in [0.25, 0.3) is 0 Å². The van der Waals surface area contributed by atoms with E-state index in [0.29, 0.717) is 24.4 Å². The predicted molar refractivity (Wildman–Crippen MR) is 78.0 cm³/mol. The number of nitrogens with one attached hydrogen (secondary N) is 1. The third-order valence-corrected chi connectivity index (χ3v) is 3.14. The smallest absolute Gasteiger partial charge is 0.220 e. The molecule has 0 aliphatic carbocycles. The summed E-state index contributed by atoms with van der Waals surface area (Å²) in [5.74, 6) is -0.357. The molecule has 0 aliphatic rings. The minimum atomic E-state index is -0.296. The van der Waals surface area contributed by atoms with Crippen molar-refractivity contribution in [2.24, 2.45) is 0 Å². The second-order valence-electron chi connectivity index (χ2n) is 4.54. The minimum Gasteiger partial charge on any atom is -0.352 e. The summed E-state index contributed by atoms with van der Waals surface area (Å²) in [6, 6.07) is 13.6. The maximum Gasteiger partial charge on any atom is 0.220 e. The van der Waals surface area contributed by atoms with E-state index in [9.17, 15) is 9.18 Å². The topological polar surface area (TPSA) is 29.1 Å². The van der Waals surface area contributed by atoms with Crippen LogP contribution in [0.4, 0.5) is 4.39 Å². The molecule has 2 rings (SSSR count). The molecule has 0 fully saturated rings. The lowest BCUT2D eigenvalue weighted by Crippen LogP contribution is -2.23. The van der Waals surface area contributed by atoms with Crippen molar-refractivity contribution in [2.45, 2.75) is 19.4 Å². The van der Waals surface area contributed by atoms with Gasteiger partial charge in [0.05, 0.1) is 0 Å². The molecule has 0 saturated heterocycles. The Hall–Kier alpha value is -1.87. The first kappa shape index (κ1) is 14.5. The lowest BCUT2D eigenvalue weighted by atomic mass is 10.1. The highest BCUT2D eigenvalue weighted by Crippen LogP contribution is 2.12. The van der Waals surface area contributed by atoms with Crippen LogP contribution in [-0.4, -0.2) is 5.91 Å². The molecule has 0 saturated carbocycles. The maximum absolute atomic E-state index is 13.0. The van der Waals surface area contributed by atoms with Gasteiger partial charge in [0.2, 0.25) is 5.91 Å². The van der Waals surface area contributed by atoms with Crippen LogP contribution < -0.4 is 5.32 Å². The van der Waals surface area contributed by atoms with Gasteiger partial charge < -0.3 is 5.32 Å². The Morgan fingerprint density at radius 2 is 1.85 bits per heavy atom. The normalized spacial score (nSPS) is 10.3. The summed E-state index contributed by atoms with van der Waals surface area (Å²) in [6.45, 7) is 0.339. The van der Waals surface area contributed by atoms with Gasteiger partial charge in [0.1, 0.15) is 5.82 Å². The van der Waals surface area contributed by atoms with Crippen molar-refractivity contribution in [3.05, 3.63) is 70.5 Å². The average Bonchev–Trinajstić information content (AvgIpc) is 2.43. The molecule has 0 bridgehead atoms. The molecule has 2 aromatic carbocycles. The van der Waals surface area contributed by atoms with Gasteiger partial charge >= 0.3 is 0 Å². The second-order valence-corrected chi connectivity index (χ2v) is 4.97. The molecule has 0 atom stereocenters. The Bertz CT molecular complexity index is 549. The number of halogens is 2. The van der Waals surface area contributed by atoms with Crippen LogP contribution in [0.5, 0.6) is 0 Å². The highest BCUT2D eigenvalue weighted by molar-refractivity contribution is 6.30. The number of carbonyl (C=O) groups is 1. The summed E-state index contributed by atoms with van der Waals surface area (Å²) in [5, 5.41) is 3.44. The molecule has 104 valence electrons. The van der Waals surface area contributed by atoms with Gasteiger partial charge in [-0.05, 0) is 41.8 Å². The van der Waals surface area contributed by atoms with Gasteiger partial charge in [-0.25, -0.2) is 4.39 Å². The number of hydrogen-bond acceptors (Lipinski definition) is 1. The van der Waals surface area contributed by atoms with Gasteiger partial charge in [-0.3, -0.25) is 4.79 Å². The van der Waals surface area contributed by atoms with Gasteiger partial charge in [0, 0.05) is 18.0 Å². The summed E-state index contributed by atoms with van der Waals surface area (Å²) >= 11 is 5.88. The molecule has 0 aromatic heterocycles. The summed E-state index contributed by atoms with van der Waals surface area (Å²) < 4.78 is 13.0. The molecule has 1 N–H and O–H groups in total. The van der Waals surface area contributed by atoms with Crippen molar-refractivity contribution in [2.75, 3.05) is 0 Å². The van der Waals surface area contributed by atoms with E-state index in [1.165, 1.54) is 12.1 Å². The van der Waals surface area contributed by atoms with E-state index in [2.05, 4.69) is 5.32 Å². The van der Waals surface area contributed by atoms with E-state index < -0.39 is 0 Å². The predicted octanol–water partition coefficient (Wildman–Crippen LogP) is 3.73. The van der Waals surface area contributed by atoms with E-state index >= 15 is 0 Å². The summed E-state index contributed by atoms with van der Waals surface area (Å²) in [7, 11) is 0. The van der Waals surface area contributed by atoms with E-state index in [1.54, 1.807) is 18.2 Å². The van der Waals surface area contributed by atoms with Crippen LogP contribution in [0.25, 0.3) is 0 Å². The zero-order chi connectivity index (χ0) is 14.4. The van der Waals surface area contributed by atoms with Crippen LogP contribution in [0.1, 0.15) is 17.5 Å². The minimum absolute atomic E-state index is 0.0609. The number of benzene rings is 2. The molecule has 4 heteroatoms. The van der Waals surface area contributed by atoms with Crippen molar-refractivity contribution in [3.8, 4) is 0 Å². The van der Waals surface area contributed by atoms with Crippen molar-refractivity contribution in [3.63, 3.8) is 0 Å². The van der Waals surface area contributed by atoms with Crippen molar-refractivity contribution >= 4 is 17.5 Å². The highest BCUT2D eigenvalue weighted by atomic mass is 35.5. The first-order valence-electron chi connectivity index (χ1n) is 6.39. The van der Waals surface area contributed by atoms with E-state index in [4.69, 9.17) is 11.6 Å². The molecule has 0 heterocycles. The van der Waals surface area contributed by atoms with Crippen LogP contribution in [0.3, 0.4) is 0 Å². The van der Waals surface area contributed by atoms with E-state index in [-0.39, 0.29) is 11.7 Å². The Balaban J connectivity index is 1.78. The van der Waals surface area contributed by atoms with E-state index in [0.717, 1.165) is 11.1 Å². The largest absolute Gasteiger partial charge is 0.352 e. The summed E-state index contributed by atoms with van der Waals surface area (Å²) in [5.41, 5.74) is 1.78. The number of rotatable bonds is 5. The van der Waals surface area contributed by atoms with Gasteiger partial charge in [-0.1, -0.05) is 35.9 Å². The number of amides is 1. The maximum atomic E-state index is 13.0. The fraction of sp³-hybridized carbons (Fsp3) is 0.188. The van der Waals surface area contributed by atoms with Crippen LogP contribution in [0.15, 0.2) is 48.5 Å². The SMILES string of the molecule is O=C(CCc1cccc(Cl)c1)NCc1cccc(F)c1. The molecule has 0 aliphatic heterocycles. The van der Waals surface area contributed by atoms with Gasteiger partial charge in [0.15, 0.2) is 0 Å². The van der Waals surface area contributed by atoms with Gasteiger partial charge in [-0.2, -0.15) is 0 Å². The molecule has 1 amide bonds. The van der Waals surface area contributed by atoms with Crippen LogP contribution >= 0.6 is 11.6 Å². The standard InChI is InChI=1S/C16H15ClFNO/c17-14-5-1-3-12(9-14)7-8-16(20)19-11-13-4-2-6-15(18)10-13/h1-6,9-10H,7-8,11H2,(H,19,20). The zero-order valence-corrected chi connectivity index (χ0v) is 11.7. The monoisotopic (exact) mass is 291 g/mol. The number of aryl methyl sites for hydroxylation is 1. The zero-order valence-electron chi connectivity index (χ0n) is 10.9. The van der Waals surface area contributed by atoms with E-state index in [1.807, 2.05) is 18.2 Å². The Morgan fingerprint density at radius 3 is 2.60 bits per heavy atom. The third kappa shape index (κ3) is 4.67. The van der Waals surface area contributed by atoms with Crippen LogP contribution in [0, 0.1) is 5.82 Å². The van der Waals surface area contributed by atoms with Crippen molar-refractivity contribution in [1.82, 2.24) is 5.32 Å². The lowest BCUT2D eigenvalue weighted by Gasteiger charge is -2.06. The molecular weight excluding hydrogens is 277 g/mol. The first-order valence-corrected chi connectivity index (χ1v) is 6.77. The second kappa shape index (κ2) is 7.06. The number of carbonyl (C=O) groups excluding carboxylic acids is 1. The quantitative estimate of drug-likeness (QED) is 0.893. The molecule has 2 aromatic rings. The van der Waals surface area contributed by atoms with Crippen LogP contribution in [0.2, 0.25) is 5.02 Å². The fourth-order valence-corrected chi connectivity index (χ4v) is 2.10. The molecule has 0 unspecified atom stereocenters.